The van der Waals surface area contributed by atoms with Crippen LogP contribution in [-0.4, -0.2) is 53.7 Å². The van der Waals surface area contributed by atoms with Crippen molar-refractivity contribution in [3.63, 3.8) is 0 Å². The van der Waals surface area contributed by atoms with Crippen LogP contribution < -0.4 is 14.2 Å². The minimum atomic E-state index is -0.375. The second kappa shape index (κ2) is 7.16. The summed E-state index contributed by atoms with van der Waals surface area (Å²) in [4.78, 5) is 2.53. The van der Waals surface area contributed by atoms with E-state index >= 15 is 0 Å². The van der Waals surface area contributed by atoms with E-state index in [1.54, 1.807) is 0 Å². The molecule has 2 aromatic rings. The summed E-state index contributed by atoms with van der Waals surface area (Å²) in [6, 6.07) is 15.4. The van der Waals surface area contributed by atoms with Gasteiger partial charge in [0.25, 0.3) is 0 Å². The smallest absolute Gasteiger partial charge is 0.200 e. The molecule has 0 aliphatic carbocycles. The molecule has 0 bridgehead atoms. The summed E-state index contributed by atoms with van der Waals surface area (Å²) < 4.78 is 18.2. The standard InChI is InChI=1S/C25H29N3O3/c1-17(2)27-11-9-25(10-12-27)28-21(19-5-3-4-6-22(19)31-25)16-20(26-28)18-7-8-23-24(15-18)30-14-13-29-23/h3-8,15,17,21H,9-14,16H2,1-2H3/t21-/m1/s1. The van der Waals surface area contributed by atoms with Crippen LogP contribution in [0.4, 0.5) is 0 Å². The molecule has 1 spiro atoms. The van der Waals surface area contributed by atoms with Gasteiger partial charge in [-0.1, -0.05) is 18.2 Å². The van der Waals surface area contributed by atoms with E-state index in [9.17, 15) is 0 Å². The molecule has 6 heteroatoms. The summed E-state index contributed by atoms with van der Waals surface area (Å²) in [7, 11) is 0. The molecule has 4 heterocycles. The lowest BCUT2D eigenvalue weighted by molar-refractivity contribution is -0.152. The van der Waals surface area contributed by atoms with Gasteiger partial charge < -0.3 is 19.1 Å². The van der Waals surface area contributed by atoms with Gasteiger partial charge in [0, 0.05) is 49.5 Å². The highest BCUT2D eigenvalue weighted by Crippen LogP contribution is 2.50. The van der Waals surface area contributed by atoms with E-state index in [4.69, 9.17) is 19.3 Å². The highest BCUT2D eigenvalue weighted by Gasteiger charge is 2.51. The van der Waals surface area contributed by atoms with Gasteiger partial charge in [-0.05, 0) is 38.1 Å². The number of nitrogens with zero attached hydrogens (tertiary/aromatic N) is 3. The van der Waals surface area contributed by atoms with Gasteiger partial charge in [-0.15, -0.1) is 0 Å². The zero-order chi connectivity index (χ0) is 21.0. The lowest BCUT2D eigenvalue weighted by Crippen LogP contribution is -2.59. The molecule has 162 valence electrons. The molecule has 1 atom stereocenters. The largest absolute Gasteiger partial charge is 0.486 e. The Balaban J connectivity index is 1.37. The van der Waals surface area contributed by atoms with Crippen LogP contribution in [0.5, 0.6) is 17.2 Å². The highest BCUT2D eigenvalue weighted by molar-refractivity contribution is 6.02. The Bertz CT molecular complexity index is 1030. The first-order valence-electron chi connectivity index (χ1n) is 11.4. The molecular formula is C25H29N3O3. The number of benzene rings is 2. The summed E-state index contributed by atoms with van der Waals surface area (Å²) >= 11 is 0. The van der Waals surface area contributed by atoms with Crippen LogP contribution in [0.1, 0.15) is 50.3 Å². The average Bonchev–Trinajstić information content (AvgIpc) is 3.26. The third-order valence-corrected chi connectivity index (χ3v) is 7.09. The molecule has 1 fully saturated rings. The quantitative estimate of drug-likeness (QED) is 0.730. The van der Waals surface area contributed by atoms with E-state index in [1.165, 1.54) is 5.56 Å². The molecule has 0 aromatic heterocycles. The molecular weight excluding hydrogens is 390 g/mol. The van der Waals surface area contributed by atoms with Gasteiger partial charge in [0.1, 0.15) is 19.0 Å². The van der Waals surface area contributed by atoms with E-state index in [0.29, 0.717) is 19.3 Å². The van der Waals surface area contributed by atoms with E-state index < -0.39 is 0 Å². The maximum Gasteiger partial charge on any atom is 0.200 e. The third kappa shape index (κ3) is 3.07. The lowest BCUT2D eigenvalue weighted by Gasteiger charge is -2.51. The second-order valence-electron chi connectivity index (χ2n) is 9.19. The third-order valence-electron chi connectivity index (χ3n) is 7.09. The predicted octanol–water partition coefficient (Wildman–Crippen LogP) is 4.20. The maximum atomic E-state index is 6.72. The molecule has 6 rings (SSSR count). The normalized spacial score (nSPS) is 23.9. The molecule has 0 radical (unpaired) electrons. The average molecular weight is 420 g/mol. The minimum Gasteiger partial charge on any atom is -0.486 e. The number of hydrogen-bond acceptors (Lipinski definition) is 6. The molecule has 0 N–H and O–H groups in total. The van der Waals surface area contributed by atoms with Crippen LogP contribution >= 0.6 is 0 Å². The monoisotopic (exact) mass is 419 g/mol. The lowest BCUT2D eigenvalue weighted by atomic mass is 9.90. The van der Waals surface area contributed by atoms with Gasteiger partial charge in [0.05, 0.1) is 11.8 Å². The second-order valence-corrected chi connectivity index (χ2v) is 9.19. The number of para-hydroxylation sites is 1. The SMILES string of the molecule is CC(C)N1CCC2(CC1)Oc1ccccc1[C@H]1CC(c3ccc4c(c3)OCCO4)=NN12. The van der Waals surface area contributed by atoms with Gasteiger partial charge in [-0.3, -0.25) is 0 Å². The van der Waals surface area contributed by atoms with Crippen molar-refractivity contribution >= 4 is 5.71 Å². The molecule has 4 aliphatic heterocycles. The fourth-order valence-electron chi connectivity index (χ4n) is 5.35. The first-order valence-corrected chi connectivity index (χ1v) is 11.4. The van der Waals surface area contributed by atoms with E-state index in [0.717, 1.165) is 60.9 Å². The summed E-state index contributed by atoms with van der Waals surface area (Å²) in [5, 5.41) is 7.46. The molecule has 0 amide bonds. The Kier molecular flexibility index (Phi) is 4.39. The first-order chi connectivity index (χ1) is 15.1. The number of piperidine rings is 1. The topological polar surface area (TPSA) is 46.5 Å². The number of hydrogen-bond donors (Lipinski definition) is 0. The van der Waals surface area contributed by atoms with Crippen LogP contribution in [-0.2, 0) is 0 Å². The van der Waals surface area contributed by atoms with Crippen LogP contribution in [0.25, 0.3) is 0 Å². The molecule has 0 unspecified atom stereocenters. The van der Waals surface area contributed by atoms with Gasteiger partial charge in [0.2, 0.25) is 5.72 Å². The van der Waals surface area contributed by atoms with E-state index in [2.05, 4.69) is 60.2 Å². The van der Waals surface area contributed by atoms with Crippen molar-refractivity contribution in [3.05, 3.63) is 53.6 Å². The van der Waals surface area contributed by atoms with Crippen LogP contribution in [0.15, 0.2) is 47.6 Å². The van der Waals surface area contributed by atoms with Crippen molar-refractivity contribution in [3.8, 4) is 17.2 Å². The first kappa shape index (κ1) is 19.0. The van der Waals surface area contributed by atoms with E-state index in [1.807, 2.05) is 6.07 Å². The Hall–Kier alpha value is -2.73. The molecule has 31 heavy (non-hydrogen) atoms. The number of rotatable bonds is 2. The molecule has 1 saturated heterocycles. The number of fused-ring (bicyclic) bond motifs is 5. The van der Waals surface area contributed by atoms with Crippen LogP contribution in [0.3, 0.4) is 0 Å². The summed E-state index contributed by atoms with van der Waals surface area (Å²) in [5.41, 5.74) is 3.05. The van der Waals surface area contributed by atoms with Crippen molar-refractivity contribution in [1.82, 2.24) is 9.91 Å². The zero-order valence-corrected chi connectivity index (χ0v) is 18.2. The number of likely N-dealkylation sites (tertiary alicyclic amines) is 1. The molecule has 0 saturated carbocycles. The zero-order valence-electron chi connectivity index (χ0n) is 18.2. The van der Waals surface area contributed by atoms with Crippen molar-refractivity contribution < 1.29 is 14.2 Å². The summed E-state index contributed by atoms with van der Waals surface area (Å²) in [6.45, 7) is 7.79. The summed E-state index contributed by atoms with van der Waals surface area (Å²) in [5.74, 6) is 2.64. The van der Waals surface area contributed by atoms with Crippen LogP contribution in [0, 0.1) is 0 Å². The number of hydrazone groups is 1. The fraction of sp³-hybridized carbons (Fsp3) is 0.480. The molecule has 2 aromatic carbocycles. The van der Waals surface area contributed by atoms with E-state index in [-0.39, 0.29) is 11.8 Å². The van der Waals surface area contributed by atoms with Gasteiger partial charge >= 0.3 is 0 Å². The predicted molar refractivity (Wildman–Crippen MR) is 119 cm³/mol. The highest BCUT2D eigenvalue weighted by atomic mass is 16.6. The van der Waals surface area contributed by atoms with Crippen LogP contribution in [0.2, 0.25) is 0 Å². The Morgan fingerprint density at radius 2 is 1.74 bits per heavy atom. The van der Waals surface area contributed by atoms with Gasteiger partial charge in [-0.25, -0.2) is 5.01 Å². The molecule has 4 aliphatic rings. The Labute approximate surface area is 183 Å². The van der Waals surface area contributed by atoms with Gasteiger partial charge in [0.15, 0.2) is 11.5 Å². The van der Waals surface area contributed by atoms with Gasteiger partial charge in [-0.2, -0.15) is 5.10 Å². The van der Waals surface area contributed by atoms with Crippen molar-refractivity contribution in [2.45, 2.75) is 50.9 Å². The maximum absolute atomic E-state index is 6.72. The fourth-order valence-corrected chi connectivity index (χ4v) is 5.35. The summed E-state index contributed by atoms with van der Waals surface area (Å²) in [6.07, 6.45) is 2.78. The number of ether oxygens (including phenoxy) is 3. The Morgan fingerprint density at radius 1 is 0.968 bits per heavy atom. The van der Waals surface area contributed by atoms with Crippen molar-refractivity contribution in [2.24, 2.45) is 5.10 Å². The Morgan fingerprint density at radius 3 is 2.55 bits per heavy atom. The van der Waals surface area contributed by atoms with Crippen molar-refractivity contribution in [2.75, 3.05) is 26.3 Å². The molecule has 6 nitrogen and oxygen atoms in total. The van der Waals surface area contributed by atoms with Crippen molar-refractivity contribution in [1.29, 1.82) is 0 Å². The minimum absolute atomic E-state index is 0.207.